The van der Waals surface area contributed by atoms with Crippen molar-refractivity contribution in [1.82, 2.24) is 15.2 Å². The number of hydrogen-bond donors (Lipinski definition) is 2. The van der Waals surface area contributed by atoms with Crippen LogP contribution in [-0.2, 0) is 42.7 Å². The summed E-state index contributed by atoms with van der Waals surface area (Å²) >= 11 is 0. The minimum Gasteiger partial charge on any atom is -0.445 e. The molecule has 3 heterocycles. The van der Waals surface area contributed by atoms with E-state index in [0.717, 1.165) is 47.5 Å². The third kappa shape index (κ3) is 5.38. The van der Waals surface area contributed by atoms with Gasteiger partial charge in [0.2, 0.25) is 0 Å². The number of halogens is 1. The molecule has 0 aromatic carbocycles. The SMILES string of the molecule is CC(C)NC(=O)OCc1c(COC(=O)NC(C)C)c(-c2ccc(F)[n+](C)c2)n2c1CCC2. The zero-order valence-corrected chi connectivity index (χ0v) is 19.3. The van der Waals surface area contributed by atoms with Crippen LogP contribution in [0.2, 0.25) is 0 Å². The summed E-state index contributed by atoms with van der Waals surface area (Å²) in [6.07, 6.45) is 2.46. The lowest BCUT2D eigenvalue weighted by molar-refractivity contribution is -0.699. The second-order valence-electron chi connectivity index (χ2n) is 8.61. The van der Waals surface area contributed by atoms with Crippen molar-refractivity contribution in [3.05, 3.63) is 41.1 Å². The highest BCUT2D eigenvalue weighted by Gasteiger charge is 2.29. The summed E-state index contributed by atoms with van der Waals surface area (Å²) < 4.78 is 28.5. The van der Waals surface area contributed by atoms with Gasteiger partial charge < -0.3 is 24.7 Å². The maximum absolute atomic E-state index is 13.9. The summed E-state index contributed by atoms with van der Waals surface area (Å²) in [6.45, 7) is 8.28. The Hall–Kier alpha value is -3.10. The fraction of sp³-hybridized carbons (Fsp3) is 0.522. The number of hydrogen-bond acceptors (Lipinski definition) is 4. The van der Waals surface area contributed by atoms with Crippen molar-refractivity contribution in [3.63, 3.8) is 0 Å². The summed E-state index contributed by atoms with van der Waals surface area (Å²) in [5.41, 5.74) is 4.31. The average molecular weight is 448 g/mol. The molecule has 0 saturated heterocycles. The van der Waals surface area contributed by atoms with Crippen molar-refractivity contribution in [2.75, 3.05) is 0 Å². The third-order valence-electron chi connectivity index (χ3n) is 5.24. The molecule has 0 saturated carbocycles. The number of amides is 2. The molecular weight excluding hydrogens is 415 g/mol. The van der Waals surface area contributed by atoms with Crippen LogP contribution in [0.5, 0.6) is 0 Å². The Labute approximate surface area is 187 Å². The first kappa shape index (κ1) is 23.6. The summed E-state index contributed by atoms with van der Waals surface area (Å²) in [7, 11) is 1.64. The molecule has 1 aliphatic heterocycles. The minimum absolute atomic E-state index is 0.0134. The van der Waals surface area contributed by atoms with E-state index < -0.39 is 12.2 Å². The van der Waals surface area contributed by atoms with Crippen LogP contribution < -0.4 is 15.2 Å². The molecule has 9 heteroatoms. The van der Waals surface area contributed by atoms with Crippen LogP contribution >= 0.6 is 0 Å². The molecule has 0 unspecified atom stereocenters. The second kappa shape index (κ2) is 10.0. The van der Waals surface area contributed by atoms with E-state index in [2.05, 4.69) is 15.2 Å². The van der Waals surface area contributed by atoms with E-state index in [1.807, 2.05) is 27.7 Å². The Morgan fingerprint density at radius 2 is 1.66 bits per heavy atom. The van der Waals surface area contributed by atoms with Crippen LogP contribution in [-0.4, -0.2) is 28.8 Å². The quantitative estimate of drug-likeness (QED) is 0.504. The molecule has 0 radical (unpaired) electrons. The number of carbonyl (C=O) groups is 2. The van der Waals surface area contributed by atoms with E-state index in [-0.39, 0.29) is 31.2 Å². The van der Waals surface area contributed by atoms with E-state index in [9.17, 15) is 14.0 Å². The van der Waals surface area contributed by atoms with Crippen molar-refractivity contribution < 1.29 is 28.0 Å². The van der Waals surface area contributed by atoms with Gasteiger partial charge in [-0.2, -0.15) is 4.57 Å². The average Bonchev–Trinajstić information content (AvgIpc) is 3.26. The van der Waals surface area contributed by atoms with Crippen molar-refractivity contribution in [1.29, 1.82) is 0 Å². The van der Waals surface area contributed by atoms with Crippen molar-refractivity contribution in [3.8, 4) is 11.3 Å². The van der Waals surface area contributed by atoms with E-state index in [4.69, 9.17) is 9.47 Å². The molecule has 2 amide bonds. The van der Waals surface area contributed by atoms with Gasteiger partial charge in [0.15, 0.2) is 6.20 Å². The van der Waals surface area contributed by atoms with Gasteiger partial charge in [0.25, 0.3) is 0 Å². The molecule has 0 atom stereocenters. The molecule has 32 heavy (non-hydrogen) atoms. The predicted molar refractivity (Wildman–Crippen MR) is 116 cm³/mol. The van der Waals surface area contributed by atoms with Crippen LogP contribution in [0, 0.1) is 5.95 Å². The largest absolute Gasteiger partial charge is 0.445 e. The summed E-state index contributed by atoms with van der Waals surface area (Å²) in [5, 5.41) is 5.43. The number of pyridine rings is 1. The van der Waals surface area contributed by atoms with Gasteiger partial charge in [-0.3, -0.25) is 0 Å². The van der Waals surface area contributed by atoms with Crippen molar-refractivity contribution >= 4 is 12.2 Å². The Bertz CT molecular complexity index is 1000. The van der Waals surface area contributed by atoms with Gasteiger partial charge in [-0.05, 0) is 46.6 Å². The first-order chi connectivity index (χ1) is 15.2. The number of aryl methyl sites for hydroxylation is 1. The monoisotopic (exact) mass is 447 g/mol. The molecule has 0 spiro atoms. The maximum atomic E-state index is 13.9. The number of ether oxygens (including phenoxy) is 2. The third-order valence-corrected chi connectivity index (χ3v) is 5.24. The standard InChI is InChI=1S/C23H31FN4O4/c1-14(2)25-22(29)31-12-17-18(13-32-23(30)26-15(3)4)21(28-10-6-7-19(17)28)16-8-9-20(24)27(5)11-16/h8-9,11,14-15H,6-7,10,12-13H2,1-5H3,(H-,25,26,29,30)/p+1. The van der Waals surface area contributed by atoms with Gasteiger partial charge in [0.05, 0.1) is 11.3 Å². The smallest absolute Gasteiger partial charge is 0.407 e. The Morgan fingerprint density at radius 3 is 2.22 bits per heavy atom. The highest BCUT2D eigenvalue weighted by Crippen LogP contribution is 2.36. The zero-order valence-electron chi connectivity index (χ0n) is 19.3. The van der Waals surface area contributed by atoms with Crippen LogP contribution in [0.15, 0.2) is 18.3 Å². The second-order valence-corrected chi connectivity index (χ2v) is 8.61. The normalized spacial score (nSPS) is 12.8. The lowest BCUT2D eigenvalue weighted by Crippen LogP contribution is -2.32. The molecule has 0 fully saturated rings. The predicted octanol–water partition coefficient (Wildman–Crippen LogP) is 3.33. The molecular formula is C23H32FN4O4+. The van der Waals surface area contributed by atoms with Crippen LogP contribution in [0.3, 0.4) is 0 Å². The molecule has 0 aliphatic carbocycles. The molecule has 174 valence electrons. The lowest BCUT2D eigenvalue weighted by atomic mass is 10.0. The number of nitrogens with zero attached hydrogens (tertiary/aromatic N) is 2. The zero-order chi connectivity index (χ0) is 23.4. The minimum atomic E-state index is -0.522. The highest BCUT2D eigenvalue weighted by molar-refractivity contribution is 5.71. The first-order valence-electron chi connectivity index (χ1n) is 10.9. The topological polar surface area (TPSA) is 85.5 Å². The summed E-state index contributed by atoms with van der Waals surface area (Å²) in [5.74, 6) is -0.357. The van der Waals surface area contributed by atoms with Crippen LogP contribution in [0.4, 0.5) is 14.0 Å². The lowest BCUT2D eigenvalue weighted by Gasteiger charge is -2.14. The summed E-state index contributed by atoms with van der Waals surface area (Å²) in [6, 6.07) is 3.02. The highest BCUT2D eigenvalue weighted by atomic mass is 19.1. The molecule has 1 aliphatic rings. The first-order valence-corrected chi connectivity index (χ1v) is 10.9. The van der Waals surface area contributed by atoms with Gasteiger partial charge >= 0.3 is 18.1 Å². The van der Waals surface area contributed by atoms with Gasteiger partial charge in [0.1, 0.15) is 20.3 Å². The van der Waals surface area contributed by atoms with Crippen LogP contribution in [0.1, 0.15) is 50.9 Å². The fourth-order valence-electron chi connectivity index (χ4n) is 3.93. The van der Waals surface area contributed by atoms with E-state index >= 15 is 0 Å². The van der Waals surface area contributed by atoms with E-state index in [1.54, 1.807) is 19.3 Å². The van der Waals surface area contributed by atoms with Gasteiger partial charge in [-0.15, -0.1) is 4.39 Å². The molecule has 0 bridgehead atoms. The number of aromatic nitrogens is 2. The Kier molecular flexibility index (Phi) is 7.37. The molecule has 8 nitrogen and oxygen atoms in total. The molecule has 2 N–H and O–H groups in total. The number of fused-ring (bicyclic) bond motifs is 1. The number of alkyl carbamates (subject to hydrolysis) is 2. The van der Waals surface area contributed by atoms with Gasteiger partial charge in [0, 0.05) is 41.5 Å². The Morgan fingerprint density at radius 1 is 1.06 bits per heavy atom. The number of nitrogens with one attached hydrogen (secondary N) is 2. The van der Waals surface area contributed by atoms with Crippen molar-refractivity contribution in [2.24, 2.45) is 7.05 Å². The van der Waals surface area contributed by atoms with Gasteiger partial charge in [-0.25, -0.2) is 9.59 Å². The van der Waals surface area contributed by atoms with Crippen LogP contribution in [0.25, 0.3) is 11.3 Å². The van der Waals surface area contributed by atoms with E-state index in [0.29, 0.717) is 0 Å². The molecule has 3 rings (SSSR count). The molecule has 2 aromatic heterocycles. The van der Waals surface area contributed by atoms with Crippen molar-refractivity contribution in [2.45, 2.75) is 72.4 Å². The fourth-order valence-corrected chi connectivity index (χ4v) is 3.93. The number of carbonyl (C=O) groups excluding carboxylic acids is 2. The maximum Gasteiger partial charge on any atom is 0.407 e. The number of rotatable bonds is 7. The van der Waals surface area contributed by atoms with E-state index in [1.165, 1.54) is 10.6 Å². The Balaban J connectivity index is 1.99. The molecule has 2 aromatic rings. The van der Waals surface area contributed by atoms with Gasteiger partial charge in [-0.1, -0.05) is 0 Å². The summed E-state index contributed by atoms with van der Waals surface area (Å²) in [4.78, 5) is 24.3.